The Kier molecular flexibility index (Phi) is 6.16. The molecule has 31 heavy (non-hydrogen) atoms. The molecule has 0 N–H and O–H groups in total. The number of piperidine rings is 1. The van der Waals surface area contributed by atoms with Crippen molar-refractivity contribution in [1.29, 1.82) is 0 Å². The van der Waals surface area contributed by atoms with Gasteiger partial charge in [-0.2, -0.15) is 4.31 Å². The number of fused-ring (bicyclic) bond motifs is 1. The lowest BCUT2D eigenvalue weighted by atomic mass is 9.97. The Morgan fingerprint density at radius 1 is 1.19 bits per heavy atom. The first-order valence-corrected chi connectivity index (χ1v) is 12.7. The van der Waals surface area contributed by atoms with Crippen LogP contribution >= 0.6 is 15.9 Å². The highest BCUT2D eigenvalue weighted by Crippen LogP contribution is 2.37. The SMILES string of the molecule is COc1ccc(C)cc1S(=O)(=O)N1CCC[C@@H](C(=O)N2c3ccc(Br)cc3C[C@@H]2C)C1. The van der Waals surface area contributed by atoms with Crippen LogP contribution in [-0.4, -0.2) is 44.9 Å². The Bertz CT molecular complexity index is 1120. The summed E-state index contributed by atoms with van der Waals surface area (Å²) < 4.78 is 34.6. The molecule has 2 heterocycles. The Hall–Kier alpha value is -1.90. The van der Waals surface area contributed by atoms with Gasteiger partial charge in [-0.1, -0.05) is 22.0 Å². The number of hydrogen-bond donors (Lipinski definition) is 0. The first-order chi connectivity index (χ1) is 14.7. The minimum absolute atomic E-state index is 0.00433. The van der Waals surface area contributed by atoms with Crippen molar-refractivity contribution in [3.63, 3.8) is 0 Å². The molecule has 2 aliphatic heterocycles. The number of benzene rings is 2. The third-order valence-electron chi connectivity index (χ3n) is 6.16. The zero-order valence-electron chi connectivity index (χ0n) is 18.0. The summed E-state index contributed by atoms with van der Waals surface area (Å²) in [7, 11) is -2.30. The van der Waals surface area contributed by atoms with Crippen molar-refractivity contribution < 1.29 is 17.9 Å². The van der Waals surface area contributed by atoms with Crippen LogP contribution in [0.15, 0.2) is 45.8 Å². The lowest BCUT2D eigenvalue weighted by molar-refractivity contribution is -0.123. The second-order valence-electron chi connectivity index (χ2n) is 8.39. The fraction of sp³-hybridized carbons (Fsp3) is 0.435. The number of ether oxygens (including phenoxy) is 1. The van der Waals surface area contributed by atoms with Crippen molar-refractivity contribution >= 4 is 37.5 Å². The predicted molar refractivity (Wildman–Crippen MR) is 124 cm³/mol. The van der Waals surface area contributed by atoms with Crippen molar-refractivity contribution in [1.82, 2.24) is 4.31 Å². The smallest absolute Gasteiger partial charge is 0.246 e. The molecule has 0 aliphatic carbocycles. The van der Waals surface area contributed by atoms with Crippen LogP contribution in [0.5, 0.6) is 5.75 Å². The summed E-state index contributed by atoms with van der Waals surface area (Å²) in [5, 5.41) is 0. The van der Waals surface area contributed by atoms with E-state index >= 15 is 0 Å². The van der Waals surface area contributed by atoms with Gasteiger partial charge in [-0.3, -0.25) is 4.79 Å². The van der Waals surface area contributed by atoms with Crippen LogP contribution in [0.2, 0.25) is 0 Å². The van der Waals surface area contributed by atoms with E-state index in [1.165, 1.54) is 11.4 Å². The minimum Gasteiger partial charge on any atom is -0.495 e. The molecule has 0 saturated carbocycles. The molecule has 4 rings (SSSR count). The van der Waals surface area contributed by atoms with E-state index in [9.17, 15) is 13.2 Å². The third kappa shape index (κ3) is 4.13. The zero-order chi connectivity index (χ0) is 22.3. The molecule has 166 valence electrons. The van der Waals surface area contributed by atoms with Crippen LogP contribution in [0.1, 0.15) is 30.9 Å². The molecule has 0 unspecified atom stereocenters. The number of aryl methyl sites for hydroxylation is 1. The van der Waals surface area contributed by atoms with Gasteiger partial charge in [-0.05, 0) is 74.6 Å². The van der Waals surface area contributed by atoms with E-state index in [1.807, 2.05) is 36.9 Å². The molecule has 2 aromatic carbocycles. The van der Waals surface area contributed by atoms with E-state index in [0.717, 1.165) is 27.7 Å². The molecule has 2 atom stereocenters. The molecule has 1 amide bonds. The number of carbonyl (C=O) groups excluding carboxylic acids is 1. The molecular formula is C23H27BrN2O4S. The number of rotatable bonds is 4. The topological polar surface area (TPSA) is 66.9 Å². The molecular weight excluding hydrogens is 480 g/mol. The summed E-state index contributed by atoms with van der Waals surface area (Å²) in [6, 6.07) is 11.2. The number of nitrogens with zero attached hydrogens (tertiary/aromatic N) is 2. The van der Waals surface area contributed by atoms with Crippen molar-refractivity contribution in [3.05, 3.63) is 52.0 Å². The summed E-state index contributed by atoms with van der Waals surface area (Å²) in [5.74, 6) is -0.0345. The first kappa shape index (κ1) is 22.3. The Labute approximate surface area is 192 Å². The molecule has 0 radical (unpaired) electrons. The number of sulfonamides is 1. The molecule has 6 nitrogen and oxygen atoms in total. The maximum absolute atomic E-state index is 13.5. The predicted octanol–water partition coefficient (Wildman–Crippen LogP) is 4.14. The molecule has 0 aromatic heterocycles. The largest absolute Gasteiger partial charge is 0.495 e. The highest BCUT2D eigenvalue weighted by atomic mass is 79.9. The van der Waals surface area contributed by atoms with E-state index in [0.29, 0.717) is 25.1 Å². The van der Waals surface area contributed by atoms with Crippen LogP contribution in [0.25, 0.3) is 0 Å². The number of hydrogen-bond acceptors (Lipinski definition) is 4. The molecule has 2 aromatic rings. The van der Waals surface area contributed by atoms with Gasteiger partial charge in [0.1, 0.15) is 10.6 Å². The van der Waals surface area contributed by atoms with Crippen LogP contribution in [0, 0.1) is 12.8 Å². The lowest BCUT2D eigenvalue weighted by Crippen LogP contribution is -2.48. The summed E-state index contributed by atoms with van der Waals surface area (Å²) >= 11 is 3.50. The molecule has 1 saturated heterocycles. The highest BCUT2D eigenvalue weighted by Gasteiger charge is 2.39. The lowest BCUT2D eigenvalue weighted by Gasteiger charge is -2.35. The first-order valence-electron chi connectivity index (χ1n) is 10.5. The van der Waals surface area contributed by atoms with Crippen LogP contribution in [0.4, 0.5) is 5.69 Å². The second kappa shape index (κ2) is 8.56. The maximum atomic E-state index is 13.5. The van der Waals surface area contributed by atoms with Crippen LogP contribution in [0.3, 0.4) is 0 Å². The normalized spacial score (nSPS) is 21.7. The standard InChI is InChI=1S/C23H27BrN2O4S/c1-15-6-9-21(30-3)22(11-15)31(28,29)25-10-4-5-17(14-25)23(27)26-16(2)12-18-13-19(24)7-8-20(18)26/h6-9,11,13,16-17H,4-5,10,12,14H2,1-3H3/t16-,17+/m0/s1. The van der Waals surface area contributed by atoms with Crippen molar-refractivity contribution in [3.8, 4) is 5.75 Å². The van der Waals surface area contributed by atoms with Gasteiger partial charge >= 0.3 is 0 Å². The van der Waals surface area contributed by atoms with Gasteiger partial charge in [0, 0.05) is 29.3 Å². The van der Waals surface area contributed by atoms with Gasteiger partial charge < -0.3 is 9.64 Å². The fourth-order valence-electron chi connectivity index (χ4n) is 4.62. The van der Waals surface area contributed by atoms with E-state index < -0.39 is 10.0 Å². The van der Waals surface area contributed by atoms with Crippen LogP contribution < -0.4 is 9.64 Å². The Morgan fingerprint density at radius 3 is 2.71 bits per heavy atom. The zero-order valence-corrected chi connectivity index (χ0v) is 20.4. The van der Waals surface area contributed by atoms with Crippen LogP contribution in [-0.2, 0) is 21.2 Å². The Morgan fingerprint density at radius 2 is 1.97 bits per heavy atom. The van der Waals surface area contributed by atoms with Crippen molar-refractivity contribution in [2.24, 2.45) is 5.92 Å². The summed E-state index contributed by atoms with van der Waals surface area (Å²) in [6.07, 6.45) is 2.14. The van der Waals surface area contributed by atoms with E-state index in [2.05, 4.69) is 22.0 Å². The maximum Gasteiger partial charge on any atom is 0.246 e. The quantitative estimate of drug-likeness (QED) is 0.624. The molecule has 1 fully saturated rings. The molecule has 2 aliphatic rings. The second-order valence-corrected chi connectivity index (χ2v) is 11.2. The average Bonchev–Trinajstić information content (AvgIpc) is 3.07. The number of anilines is 1. The average molecular weight is 507 g/mol. The van der Waals surface area contributed by atoms with E-state index in [-0.39, 0.29) is 29.3 Å². The summed E-state index contributed by atoms with van der Waals surface area (Å²) in [5.41, 5.74) is 2.92. The monoisotopic (exact) mass is 506 g/mol. The Balaban J connectivity index is 1.60. The van der Waals surface area contributed by atoms with Crippen molar-refractivity contribution in [2.75, 3.05) is 25.1 Å². The molecule has 8 heteroatoms. The minimum atomic E-state index is -3.77. The van der Waals surface area contributed by atoms with Crippen molar-refractivity contribution in [2.45, 2.75) is 44.0 Å². The number of methoxy groups -OCH3 is 1. The van der Waals surface area contributed by atoms with Gasteiger partial charge in [0.15, 0.2) is 0 Å². The highest BCUT2D eigenvalue weighted by molar-refractivity contribution is 9.10. The molecule has 0 spiro atoms. The van der Waals surface area contributed by atoms with Gasteiger partial charge in [-0.15, -0.1) is 0 Å². The number of carbonyl (C=O) groups is 1. The van der Waals surface area contributed by atoms with Gasteiger partial charge in [0.25, 0.3) is 0 Å². The van der Waals surface area contributed by atoms with E-state index in [1.54, 1.807) is 12.1 Å². The van der Waals surface area contributed by atoms with Gasteiger partial charge in [0.05, 0.1) is 13.0 Å². The van der Waals surface area contributed by atoms with Gasteiger partial charge in [0.2, 0.25) is 15.9 Å². The number of halogens is 1. The summed E-state index contributed by atoms with van der Waals surface area (Å²) in [6.45, 7) is 4.49. The van der Waals surface area contributed by atoms with Gasteiger partial charge in [-0.25, -0.2) is 8.42 Å². The number of amides is 1. The third-order valence-corrected chi connectivity index (χ3v) is 8.54. The molecule has 0 bridgehead atoms. The fourth-order valence-corrected chi connectivity index (χ4v) is 6.79. The summed E-state index contributed by atoms with van der Waals surface area (Å²) in [4.78, 5) is 15.5. The van der Waals surface area contributed by atoms with E-state index in [4.69, 9.17) is 4.74 Å².